The number of ether oxygens (including phenoxy) is 1. The zero-order chi connectivity index (χ0) is 17.0. The topological polar surface area (TPSA) is 9.23 Å². The van der Waals surface area contributed by atoms with Gasteiger partial charge in [-0.15, -0.1) is 0 Å². The van der Waals surface area contributed by atoms with Crippen molar-refractivity contribution >= 4 is 0 Å². The highest BCUT2D eigenvalue weighted by molar-refractivity contribution is 5.30. The lowest BCUT2D eigenvalue weighted by atomic mass is 9.77. The Morgan fingerprint density at radius 2 is 1.75 bits per heavy atom. The number of hydrogen-bond acceptors (Lipinski definition) is 1. The Balaban J connectivity index is 1.73. The van der Waals surface area contributed by atoms with Crippen LogP contribution in [0.1, 0.15) is 76.7 Å². The van der Waals surface area contributed by atoms with E-state index < -0.39 is 0 Å². The van der Waals surface area contributed by atoms with Gasteiger partial charge in [0.25, 0.3) is 0 Å². The van der Waals surface area contributed by atoms with Gasteiger partial charge in [-0.1, -0.05) is 63.0 Å². The lowest BCUT2D eigenvalue weighted by molar-refractivity contribution is 0.302. The molecule has 0 unspecified atom stereocenters. The first kappa shape index (κ1) is 18.8. The van der Waals surface area contributed by atoms with Gasteiger partial charge >= 0.3 is 0 Å². The molecule has 0 aromatic heterocycles. The Hall–Kier alpha value is -1.50. The summed E-state index contributed by atoms with van der Waals surface area (Å²) in [5.74, 6) is 2.72. The molecule has 2 rings (SSSR count). The molecule has 0 aliphatic heterocycles. The Kier molecular flexibility index (Phi) is 8.73. The number of allylic oxidation sites excluding steroid dienone is 3. The van der Waals surface area contributed by atoms with Crippen LogP contribution in [0.5, 0.6) is 5.75 Å². The third kappa shape index (κ3) is 6.55. The van der Waals surface area contributed by atoms with E-state index in [0.29, 0.717) is 6.61 Å². The Bertz CT molecular complexity index is 489. The van der Waals surface area contributed by atoms with Crippen molar-refractivity contribution in [3.63, 3.8) is 0 Å². The van der Waals surface area contributed by atoms with Gasteiger partial charge in [-0.05, 0) is 68.2 Å². The van der Waals surface area contributed by atoms with Gasteiger partial charge in [-0.25, -0.2) is 0 Å². The van der Waals surface area contributed by atoms with Crippen molar-refractivity contribution in [3.05, 3.63) is 54.1 Å². The molecule has 1 nitrogen and oxygen atoms in total. The fourth-order valence-electron chi connectivity index (χ4n) is 3.69. The molecule has 0 spiro atoms. The molecule has 0 heterocycles. The molecule has 132 valence electrons. The van der Waals surface area contributed by atoms with Crippen LogP contribution >= 0.6 is 0 Å². The smallest absolute Gasteiger partial charge is 0.119 e. The summed E-state index contributed by atoms with van der Waals surface area (Å²) < 4.78 is 5.75. The number of rotatable bonds is 9. The molecular formula is C23H34O. The van der Waals surface area contributed by atoms with Crippen LogP contribution in [0.3, 0.4) is 0 Å². The number of benzene rings is 1. The van der Waals surface area contributed by atoms with Crippen molar-refractivity contribution in [1.82, 2.24) is 0 Å². The zero-order valence-electron chi connectivity index (χ0n) is 15.5. The summed E-state index contributed by atoms with van der Waals surface area (Å²) in [5.41, 5.74) is 1.50. The minimum atomic E-state index is 0.632. The fraction of sp³-hybridized carbons (Fsp3) is 0.565. The summed E-state index contributed by atoms with van der Waals surface area (Å²) in [6.45, 7) is 4.94. The van der Waals surface area contributed by atoms with Crippen LogP contribution in [0, 0.1) is 5.92 Å². The third-order valence-electron chi connectivity index (χ3n) is 5.20. The Labute approximate surface area is 148 Å². The van der Waals surface area contributed by atoms with Crippen molar-refractivity contribution in [1.29, 1.82) is 0 Å². The fourth-order valence-corrected chi connectivity index (χ4v) is 3.69. The molecular weight excluding hydrogens is 292 g/mol. The van der Waals surface area contributed by atoms with Crippen molar-refractivity contribution in [2.75, 3.05) is 6.61 Å². The predicted octanol–water partition coefficient (Wildman–Crippen LogP) is 7.05. The van der Waals surface area contributed by atoms with E-state index >= 15 is 0 Å². The molecule has 0 saturated heterocycles. The summed E-state index contributed by atoms with van der Waals surface area (Å²) >= 11 is 0. The molecule has 0 bridgehead atoms. The largest absolute Gasteiger partial charge is 0.490 e. The third-order valence-corrected chi connectivity index (χ3v) is 5.20. The Morgan fingerprint density at radius 3 is 2.42 bits per heavy atom. The van der Waals surface area contributed by atoms with Gasteiger partial charge in [0.05, 0.1) is 0 Å². The van der Waals surface area contributed by atoms with Crippen LogP contribution in [0.2, 0.25) is 0 Å². The van der Waals surface area contributed by atoms with Gasteiger partial charge in [0, 0.05) is 0 Å². The molecule has 0 atom stereocenters. The van der Waals surface area contributed by atoms with E-state index in [4.69, 9.17) is 4.74 Å². The summed E-state index contributed by atoms with van der Waals surface area (Å²) in [5, 5.41) is 0. The minimum Gasteiger partial charge on any atom is -0.490 e. The molecule has 1 heteroatoms. The maximum absolute atomic E-state index is 5.75. The molecule has 1 aromatic carbocycles. The van der Waals surface area contributed by atoms with Crippen molar-refractivity contribution in [3.8, 4) is 5.75 Å². The van der Waals surface area contributed by atoms with Crippen molar-refractivity contribution in [2.24, 2.45) is 5.92 Å². The van der Waals surface area contributed by atoms with E-state index in [1.165, 1.54) is 56.9 Å². The van der Waals surface area contributed by atoms with Crippen LogP contribution in [0.25, 0.3) is 0 Å². The van der Waals surface area contributed by atoms with Crippen LogP contribution in [-0.4, -0.2) is 6.61 Å². The second-order valence-electron chi connectivity index (χ2n) is 7.05. The number of hydrogen-bond donors (Lipinski definition) is 0. The van der Waals surface area contributed by atoms with Crippen LogP contribution in [-0.2, 0) is 0 Å². The standard InChI is InChI=1S/C23H34O/c1-3-5-7-9-19-24-23-17-15-22(16-18-23)21-13-11-20(12-14-21)10-8-6-4-2/h3,5,7,9,15-18,20-21H,4,6,8,10-14,19H2,1-2H3/b5-3+,9-7+/t20-,21-. The monoisotopic (exact) mass is 326 g/mol. The van der Waals surface area contributed by atoms with E-state index in [1.807, 2.05) is 31.2 Å². The molecule has 0 radical (unpaired) electrons. The van der Waals surface area contributed by atoms with Crippen LogP contribution in [0.15, 0.2) is 48.6 Å². The van der Waals surface area contributed by atoms with E-state index in [-0.39, 0.29) is 0 Å². The molecule has 1 aliphatic rings. The second kappa shape index (κ2) is 11.1. The Morgan fingerprint density at radius 1 is 1.00 bits per heavy atom. The molecule has 1 fully saturated rings. The first-order valence-electron chi connectivity index (χ1n) is 9.84. The highest BCUT2D eigenvalue weighted by Gasteiger charge is 2.21. The van der Waals surface area contributed by atoms with Gasteiger partial charge in [0.1, 0.15) is 12.4 Å². The first-order chi connectivity index (χ1) is 11.8. The zero-order valence-corrected chi connectivity index (χ0v) is 15.5. The number of unbranched alkanes of at least 4 members (excludes halogenated alkanes) is 2. The van der Waals surface area contributed by atoms with Gasteiger partial charge in [-0.3, -0.25) is 0 Å². The lowest BCUT2D eigenvalue weighted by Gasteiger charge is -2.29. The summed E-state index contributed by atoms with van der Waals surface area (Å²) in [4.78, 5) is 0. The summed E-state index contributed by atoms with van der Waals surface area (Å²) in [6.07, 6.45) is 19.3. The maximum Gasteiger partial charge on any atom is 0.119 e. The van der Waals surface area contributed by atoms with Crippen LogP contribution in [0.4, 0.5) is 0 Å². The van der Waals surface area contributed by atoms with Crippen LogP contribution < -0.4 is 4.74 Å². The average Bonchev–Trinajstić information content (AvgIpc) is 2.63. The molecule has 0 N–H and O–H groups in total. The summed E-state index contributed by atoms with van der Waals surface area (Å²) in [6, 6.07) is 8.80. The molecule has 1 aromatic rings. The first-order valence-corrected chi connectivity index (χ1v) is 9.84. The van der Waals surface area contributed by atoms with E-state index in [1.54, 1.807) is 0 Å². The van der Waals surface area contributed by atoms with Crippen molar-refractivity contribution < 1.29 is 4.74 Å². The van der Waals surface area contributed by atoms with Crippen molar-refractivity contribution in [2.45, 2.75) is 71.1 Å². The predicted molar refractivity (Wildman–Crippen MR) is 105 cm³/mol. The lowest BCUT2D eigenvalue weighted by Crippen LogP contribution is -2.13. The highest BCUT2D eigenvalue weighted by atomic mass is 16.5. The maximum atomic E-state index is 5.75. The van der Waals surface area contributed by atoms with E-state index in [2.05, 4.69) is 31.2 Å². The van der Waals surface area contributed by atoms with Gasteiger partial charge in [0.2, 0.25) is 0 Å². The summed E-state index contributed by atoms with van der Waals surface area (Å²) in [7, 11) is 0. The minimum absolute atomic E-state index is 0.632. The van der Waals surface area contributed by atoms with E-state index in [0.717, 1.165) is 17.6 Å². The average molecular weight is 327 g/mol. The molecule has 24 heavy (non-hydrogen) atoms. The van der Waals surface area contributed by atoms with Gasteiger partial charge < -0.3 is 4.74 Å². The second-order valence-corrected chi connectivity index (χ2v) is 7.05. The molecule has 1 saturated carbocycles. The van der Waals surface area contributed by atoms with Gasteiger partial charge in [-0.2, -0.15) is 0 Å². The quantitative estimate of drug-likeness (QED) is 0.349. The normalized spacial score (nSPS) is 21.6. The SMILES string of the molecule is C/C=C/C=C/COc1ccc([C@H]2CC[C@H](CCCCC)CC2)cc1. The van der Waals surface area contributed by atoms with E-state index in [9.17, 15) is 0 Å². The molecule has 1 aliphatic carbocycles. The highest BCUT2D eigenvalue weighted by Crippen LogP contribution is 2.38. The molecule has 0 amide bonds. The van der Waals surface area contributed by atoms with Gasteiger partial charge in [0.15, 0.2) is 0 Å².